The molecular formula is C7H13NO. The molecule has 0 fully saturated rings. The van der Waals surface area contributed by atoms with Crippen LogP contribution in [0.1, 0.15) is 27.2 Å². The van der Waals surface area contributed by atoms with Crippen LogP contribution in [0.25, 0.3) is 0 Å². The average Bonchev–Trinajstić information content (AvgIpc) is 1.62. The molecule has 0 aromatic rings. The van der Waals surface area contributed by atoms with Gasteiger partial charge >= 0.3 is 0 Å². The van der Waals surface area contributed by atoms with Crippen molar-refractivity contribution in [1.29, 1.82) is 0 Å². The summed E-state index contributed by atoms with van der Waals surface area (Å²) in [6.07, 6.45) is 0.483. The molecule has 0 aliphatic carbocycles. The number of carbonyl (C=O) groups is 1. The van der Waals surface area contributed by atoms with Crippen LogP contribution in [0.5, 0.6) is 0 Å². The van der Waals surface area contributed by atoms with E-state index in [1.807, 2.05) is 20.8 Å². The zero-order valence-corrected chi connectivity index (χ0v) is 6.27. The summed E-state index contributed by atoms with van der Waals surface area (Å²) in [7, 11) is 0. The van der Waals surface area contributed by atoms with Crippen molar-refractivity contribution in [1.82, 2.24) is 0 Å². The Balaban J connectivity index is 3.74. The van der Waals surface area contributed by atoms with Gasteiger partial charge in [0.25, 0.3) is 0 Å². The van der Waals surface area contributed by atoms with Crippen LogP contribution in [0.15, 0.2) is 4.99 Å². The predicted octanol–water partition coefficient (Wildman–Crippen LogP) is 1.65. The first-order valence-corrected chi connectivity index (χ1v) is 2.95. The summed E-state index contributed by atoms with van der Waals surface area (Å²) in [4.78, 5) is 13.9. The molecule has 0 N–H and O–H groups in total. The maximum atomic E-state index is 10.6. The van der Waals surface area contributed by atoms with Crippen molar-refractivity contribution in [3.05, 3.63) is 0 Å². The van der Waals surface area contributed by atoms with E-state index in [-0.39, 0.29) is 11.3 Å². The highest BCUT2D eigenvalue weighted by Gasteiger charge is 2.13. The number of hydrogen-bond donors (Lipinski definition) is 0. The monoisotopic (exact) mass is 127 g/mol. The first-order chi connectivity index (χ1) is 3.95. The SMILES string of the molecule is C=NC(=O)CC(C)(C)C. The van der Waals surface area contributed by atoms with E-state index >= 15 is 0 Å². The van der Waals surface area contributed by atoms with Gasteiger partial charge in [-0.05, 0) is 12.1 Å². The lowest BCUT2D eigenvalue weighted by Crippen LogP contribution is -2.10. The third-order valence-corrected chi connectivity index (χ3v) is 0.858. The Bertz CT molecular complexity index is 121. The van der Waals surface area contributed by atoms with E-state index in [0.29, 0.717) is 6.42 Å². The van der Waals surface area contributed by atoms with Crippen LogP contribution in [0.2, 0.25) is 0 Å². The summed E-state index contributed by atoms with van der Waals surface area (Å²) in [6, 6.07) is 0. The molecule has 0 aliphatic heterocycles. The minimum Gasteiger partial charge on any atom is -0.273 e. The Morgan fingerprint density at radius 3 is 2.11 bits per heavy atom. The molecular weight excluding hydrogens is 114 g/mol. The Labute approximate surface area is 56.0 Å². The second kappa shape index (κ2) is 2.76. The molecule has 0 aromatic carbocycles. The molecule has 0 aliphatic rings. The zero-order valence-electron chi connectivity index (χ0n) is 6.27. The van der Waals surface area contributed by atoms with E-state index in [9.17, 15) is 4.79 Å². The van der Waals surface area contributed by atoms with Crippen molar-refractivity contribution in [3.8, 4) is 0 Å². The van der Waals surface area contributed by atoms with Crippen LogP contribution >= 0.6 is 0 Å². The molecule has 0 atom stereocenters. The van der Waals surface area contributed by atoms with Gasteiger partial charge in [0.2, 0.25) is 5.91 Å². The van der Waals surface area contributed by atoms with Crippen molar-refractivity contribution in [3.63, 3.8) is 0 Å². The van der Waals surface area contributed by atoms with Crippen molar-refractivity contribution in [2.75, 3.05) is 0 Å². The first kappa shape index (κ1) is 8.34. The Morgan fingerprint density at radius 1 is 1.56 bits per heavy atom. The third kappa shape index (κ3) is 5.21. The highest BCUT2D eigenvalue weighted by molar-refractivity contribution is 5.80. The van der Waals surface area contributed by atoms with Crippen LogP contribution in [0.4, 0.5) is 0 Å². The van der Waals surface area contributed by atoms with Crippen molar-refractivity contribution in [2.45, 2.75) is 27.2 Å². The van der Waals surface area contributed by atoms with Crippen molar-refractivity contribution >= 4 is 12.6 Å². The average molecular weight is 127 g/mol. The number of hydrogen-bond acceptors (Lipinski definition) is 1. The molecule has 0 saturated heterocycles. The number of amides is 1. The molecule has 0 unspecified atom stereocenters. The maximum absolute atomic E-state index is 10.6. The topological polar surface area (TPSA) is 29.4 Å². The summed E-state index contributed by atoms with van der Waals surface area (Å²) in [6.45, 7) is 9.13. The third-order valence-electron chi connectivity index (χ3n) is 0.858. The molecule has 0 rings (SSSR count). The number of rotatable bonds is 1. The smallest absolute Gasteiger partial charge is 0.245 e. The van der Waals surface area contributed by atoms with Gasteiger partial charge in [-0.2, -0.15) is 0 Å². The minimum atomic E-state index is -0.123. The summed E-state index contributed by atoms with van der Waals surface area (Å²) >= 11 is 0. The predicted molar refractivity (Wildman–Crippen MR) is 38.6 cm³/mol. The lowest BCUT2D eigenvalue weighted by molar-refractivity contribution is -0.119. The molecule has 52 valence electrons. The zero-order chi connectivity index (χ0) is 7.49. The van der Waals surface area contributed by atoms with Crippen LogP contribution in [-0.2, 0) is 4.79 Å². The molecule has 0 heterocycles. The van der Waals surface area contributed by atoms with Crippen LogP contribution in [-0.4, -0.2) is 12.6 Å². The standard InChI is InChI=1S/C7H13NO/c1-7(2,3)5-6(9)8-4/h4-5H2,1-3H3. The van der Waals surface area contributed by atoms with E-state index in [1.165, 1.54) is 0 Å². The normalized spacial score (nSPS) is 11.0. The summed E-state index contributed by atoms with van der Waals surface area (Å²) in [5, 5.41) is 0. The van der Waals surface area contributed by atoms with Gasteiger partial charge in [-0.25, -0.2) is 4.99 Å². The lowest BCUT2D eigenvalue weighted by Gasteiger charge is -2.13. The van der Waals surface area contributed by atoms with E-state index in [0.717, 1.165) is 0 Å². The highest BCUT2D eigenvalue weighted by atomic mass is 16.1. The Hall–Kier alpha value is -0.660. The first-order valence-electron chi connectivity index (χ1n) is 2.95. The van der Waals surface area contributed by atoms with Gasteiger partial charge in [0.15, 0.2) is 0 Å². The van der Waals surface area contributed by atoms with Crippen molar-refractivity contribution < 1.29 is 4.79 Å². The van der Waals surface area contributed by atoms with Gasteiger partial charge in [-0.3, -0.25) is 4.79 Å². The fourth-order valence-corrected chi connectivity index (χ4v) is 0.510. The number of carbonyl (C=O) groups excluding carboxylic acids is 1. The highest BCUT2D eigenvalue weighted by Crippen LogP contribution is 2.18. The molecule has 0 saturated carbocycles. The fraction of sp³-hybridized carbons (Fsp3) is 0.714. The molecule has 2 nitrogen and oxygen atoms in total. The fourth-order valence-electron chi connectivity index (χ4n) is 0.510. The van der Waals surface area contributed by atoms with Gasteiger partial charge in [-0.1, -0.05) is 20.8 Å². The second-order valence-electron chi connectivity index (χ2n) is 3.29. The van der Waals surface area contributed by atoms with E-state index in [2.05, 4.69) is 11.7 Å². The largest absolute Gasteiger partial charge is 0.273 e. The Kier molecular flexibility index (Phi) is 2.56. The van der Waals surface area contributed by atoms with E-state index in [4.69, 9.17) is 0 Å². The lowest BCUT2D eigenvalue weighted by atomic mass is 9.92. The molecule has 0 radical (unpaired) electrons. The van der Waals surface area contributed by atoms with E-state index in [1.54, 1.807) is 0 Å². The second-order valence-corrected chi connectivity index (χ2v) is 3.29. The number of aliphatic imine (C=N–C) groups is 1. The van der Waals surface area contributed by atoms with Gasteiger partial charge in [0, 0.05) is 6.42 Å². The van der Waals surface area contributed by atoms with Gasteiger partial charge < -0.3 is 0 Å². The summed E-state index contributed by atoms with van der Waals surface area (Å²) in [5.41, 5.74) is 0.0400. The molecule has 2 heteroatoms. The summed E-state index contributed by atoms with van der Waals surface area (Å²) in [5.74, 6) is -0.123. The van der Waals surface area contributed by atoms with Gasteiger partial charge in [0.1, 0.15) is 0 Å². The molecule has 9 heavy (non-hydrogen) atoms. The van der Waals surface area contributed by atoms with Crippen molar-refractivity contribution in [2.24, 2.45) is 10.4 Å². The van der Waals surface area contributed by atoms with Gasteiger partial charge in [0.05, 0.1) is 0 Å². The number of nitrogens with zero attached hydrogens (tertiary/aromatic N) is 1. The quantitative estimate of drug-likeness (QED) is 0.492. The van der Waals surface area contributed by atoms with Crippen LogP contribution in [0.3, 0.4) is 0 Å². The molecule has 1 amide bonds. The maximum Gasteiger partial charge on any atom is 0.245 e. The van der Waals surface area contributed by atoms with Crippen LogP contribution < -0.4 is 0 Å². The summed E-state index contributed by atoms with van der Waals surface area (Å²) < 4.78 is 0. The van der Waals surface area contributed by atoms with Crippen LogP contribution in [0, 0.1) is 5.41 Å². The molecule has 0 aromatic heterocycles. The Morgan fingerprint density at radius 2 is 2.00 bits per heavy atom. The molecule has 0 bridgehead atoms. The van der Waals surface area contributed by atoms with Gasteiger partial charge in [-0.15, -0.1) is 0 Å². The molecule has 0 spiro atoms. The van der Waals surface area contributed by atoms with E-state index < -0.39 is 0 Å². The minimum absolute atomic E-state index is 0.0400.